The molecule has 0 bridgehead atoms. The van der Waals surface area contributed by atoms with E-state index in [1.165, 1.54) is 17.5 Å². The van der Waals surface area contributed by atoms with Crippen molar-refractivity contribution in [2.24, 2.45) is 0 Å². The molecule has 1 rings (SSSR count). The van der Waals surface area contributed by atoms with Crippen molar-refractivity contribution in [1.29, 1.82) is 0 Å². The Morgan fingerprint density at radius 3 is 2.41 bits per heavy atom. The lowest BCUT2D eigenvalue weighted by Crippen LogP contribution is -2.32. The largest absolute Gasteiger partial charge is 0.309 e. The average molecular weight is 234 g/mol. The van der Waals surface area contributed by atoms with Crippen molar-refractivity contribution in [3.63, 3.8) is 0 Å². The number of nitrogens with zero attached hydrogens (tertiary/aromatic N) is 1. The van der Waals surface area contributed by atoms with Crippen molar-refractivity contribution in [1.82, 2.24) is 10.2 Å². The Morgan fingerprint density at radius 2 is 1.82 bits per heavy atom. The molecule has 0 fully saturated rings. The predicted octanol–water partition coefficient (Wildman–Crippen LogP) is 2.99. The summed E-state index contributed by atoms with van der Waals surface area (Å²) in [5.41, 5.74) is 2.77. The first-order chi connectivity index (χ1) is 8.00. The summed E-state index contributed by atoms with van der Waals surface area (Å²) in [5, 5.41) is 3.67. The van der Waals surface area contributed by atoms with Gasteiger partial charge in [-0.2, -0.15) is 0 Å². The second-order valence-corrected chi connectivity index (χ2v) is 5.24. The van der Waals surface area contributed by atoms with Gasteiger partial charge in [0.1, 0.15) is 0 Å². The van der Waals surface area contributed by atoms with E-state index in [9.17, 15) is 0 Å². The maximum Gasteiger partial charge on any atom is 0.0296 e. The van der Waals surface area contributed by atoms with Crippen LogP contribution < -0.4 is 5.32 Å². The molecule has 1 N–H and O–H groups in total. The topological polar surface area (TPSA) is 15.3 Å². The summed E-state index contributed by atoms with van der Waals surface area (Å²) in [6, 6.07) is 9.58. The van der Waals surface area contributed by atoms with Crippen LogP contribution in [-0.2, 0) is 0 Å². The smallest absolute Gasteiger partial charge is 0.0296 e. The van der Waals surface area contributed by atoms with Crippen LogP contribution in [0, 0.1) is 6.92 Å². The van der Waals surface area contributed by atoms with Gasteiger partial charge in [0.2, 0.25) is 0 Å². The second-order valence-electron chi connectivity index (χ2n) is 5.24. The zero-order valence-electron chi connectivity index (χ0n) is 11.8. The highest BCUT2D eigenvalue weighted by Crippen LogP contribution is 2.17. The molecule has 2 atom stereocenters. The van der Waals surface area contributed by atoms with Crippen molar-refractivity contribution >= 4 is 0 Å². The highest BCUT2D eigenvalue weighted by molar-refractivity contribution is 5.28. The predicted molar refractivity (Wildman–Crippen MR) is 75.4 cm³/mol. The van der Waals surface area contributed by atoms with Gasteiger partial charge in [-0.15, -0.1) is 0 Å². The first-order valence-corrected chi connectivity index (χ1v) is 6.47. The van der Waals surface area contributed by atoms with Gasteiger partial charge in [-0.1, -0.05) is 24.3 Å². The van der Waals surface area contributed by atoms with Gasteiger partial charge in [0, 0.05) is 12.1 Å². The molecule has 0 spiro atoms. The molecule has 0 aromatic heterocycles. The molecule has 0 aliphatic heterocycles. The standard InChI is InChI=1S/C15H26N2/c1-12-8-6-7-9-15(12)14(3)16-13(2)10-11-17(4)5/h6-9,13-14,16H,10-11H2,1-5H3. The number of hydrogen-bond acceptors (Lipinski definition) is 2. The minimum absolute atomic E-state index is 0.424. The molecule has 0 amide bonds. The Bertz CT molecular complexity index is 333. The van der Waals surface area contributed by atoms with Gasteiger partial charge in [0.25, 0.3) is 0 Å². The summed E-state index contributed by atoms with van der Waals surface area (Å²) in [4.78, 5) is 2.23. The highest BCUT2D eigenvalue weighted by atomic mass is 15.1. The number of aryl methyl sites for hydroxylation is 1. The Hall–Kier alpha value is -0.860. The molecular weight excluding hydrogens is 208 g/mol. The molecule has 96 valence electrons. The van der Waals surface area contributed by atoms with Gasteiger partial charge in [-0.3, -0.25) is 0 Å². The molecule has 2 nitrogen and oxygen atoms in total. The van der Waals surface area contributed by atoms with E-state index in [1.807, 2.05) is 0 Å². The van der Waals surface area contributed by atoms with E-state index in [1.54, 1.807) is 0 Å². The summed E-state index contributed by atoms with van der Waals surface area (Å²) in [5.74, 6) is 0. The van der Waals surface area contributed by atoms with Crippen LogP contribution in [0.2, 0.25) is 0 Å². The number of rotatable bonds is 6. The summed E-state index contributed by atoms with van der Waals surface area (Å²) < 4.78 is 0. The fourth-order valence-corrected chi connectivity index (χ4v) is 2.12. The molecule has 0 heterocycles. The Balaban J connectivity index is 2.49. The van der Waals surface area contributed by atoms with Crippen molar-refractivity contribution in [3.05, 3.63) is 35.4 Å². The lowest BCUT2D eigenvalue weighted by molar-refractivity contribution is 0.354. The monoisotopic (exact) mass is 234 g/mol. The normalized spacial score (nSPS) is 14.9. The lowest BCUT2D eigenvalue weighted by atomic mass is 10.0. The van der Waals surface area contributed by atoms with Crippen molar-refractivity contribution in [2.75, 3.05) is 20.6 Å². The number of benzene rings is 1. The zero-order valence-corrected chi connectivity index (χ0v) is 11.8. The van der Waals surface area contributed by atoms with Crippen LogP contribution in [0.15, 0.2) is 24.3 Å². The summed E-state index contributed by atoms with van der Waals surface area (Å²) in [7, 11) is 4.25. The maximum atomic E-state index is 3.67. The molecule has 0 aliphatic rings. The van der Waals surface area contributed by atoms with Gasteiger partial charge >= 0.3 is 0 Å². The first kappa shape index (κ1) is 14.2. The summed E-state index contributed by atoms with van der Waals surface area (Å²) >= 11 is 0. The van der Waals surface area contributed by atoms with E-state index in [2.05, 4.69) is 69.3 Å². The van der Waals surface area contributed by atoms with Crippen LogP contribution in [0.4, 0.5) is 0 Å². The number of hydrogen-bond donors (Lipinski definition) is 1. The first-order valence-electron chi connectivity index (χ1n) is 6.47. The van der Waals surface area contributed by atoms with Crippen LogP contribution in [0.1, 0.15) is 37.4 Å². The third-order valence-electron chi connectivity index (χ3n) is 3.20. The molecule has 1 aromatic rings. The van der Waals surface area contributed by atoms with E-state index in [4.69, 9.17) is 0 Å². The highest BCUT2D eigenvalue weighted by Gasteiger charge is 2.10. The Kier molecular flexibility index (Phi) is 5.66. The molecule has 2 heteroatoms. The lowest BCUT2D eigenvalue weighted by Gasteiger charge is -2.23. The van der Waals surface area contributed by atoms with E-state index in [0.29, 0.717) is 12.1 Å². The fraction of sp³-hybridized carbons (Fsp3) is 0.600. The van der Waals surface area contributed by atoms with Gasteiger partial charge in [-0.25, -0.2) is 0 Å². The van der Waals surface area contributed by atoms with Crippen LogP contribution >= 0.6 is 0 Å². The van der Waals surface area contributed by atoms with Crippen LogP contribution in [0.25, 0.3) is 0 Å². The Morgan fingerprint density at radius 1 is 1.18 bits per heavy atom. The van der Waals surface area contributed by atoms with Crippen LogP contribution in [0.3, 0.4) is 0 Å². The van der Waals surface area contributed by atoms with Gasteiger partial charge in [0.15, 0.2) is 0 Å². The third-order valence-corrected chi connectivity index (χ3v) is 3.20. The second kappa shape index (κ2) is 6.77. The molecule has 0 saturated heterocycles. The third kappa shape index (κ3) is 4.88. The molecule has 0 aliphatic carbocycles. The van der Waals surface area contributed by atoms with E-state index >= 15 is 0 Å². The average Bonchev–Trinajstić information content (AvgIpc) is 2.26. The van der Waals surface area contributed by atoms with Gasteiger partial charge in [0.05, 0.1) is 0 Å². The maximum absolute atomic E-state index is 3.67. The van der Waals surface area contributed by atoms with Crippen LogP contribution in [0.5, 0.6) is 0 Å². The molecule has 1 aromatic carbocycles. The Labute approximate surface area is 106 Å². The minimum Gasteiger partial charge on any atom is -0.309 e. The van der Waals surface area contributed by atoms with Crippen molar-refractivity contribution in [3.8, 4) is 0 Å². The minimum atomic E-state index is 0.424. The zero-order chi connectivity index (χ0) is 12.8. The summed E-state index contributed by atoms with van der Waals surface area (Å²) in [6.45, 7) is 7.82. The molecule has 2 unspecified atom stereocenters. The SMILES string of the molecule is Cc1ccccc1C(C)NC(C)CCN(C)C. The summed E-state index contributed by atoms with van der Waals surface area (Å²) in [6.07, 6.45) is 1.18. The fourth-order valence-electron chi connectivity index (χ4n) is 2.12. The van der Waals surface area contributed by atoms with E-state index < -0.39 is 0 Å². The van der Waals surface area contributed by atoms with Crippen LogP contribution in [-0.4, -0.2) is 31.6 Å². The van der Waals surface area contributed by atoms with Gasteiger partial charge < -0.3 is 10.2 Å². The van der Waals surface area contributed by atoms with E-state index in [0.717, 1.165) is 6.54 Å². The number of nitrogens with one attached hydrogen (secondary N) is 1. The van der Waals surface area contributed by atoms with E-state index in [-0.39, 0.29) is 0 Å². The van der Waals surface area contributed by atoms with Gasteiger partial charge in [-0.05, 0) is 59.0 Å². The molecule has 0 radical (unpaired) electrons. The molecule has 17 heavy (non-hydrogen) atoms. The molecular formula is C15H26N2. The molecule has 0 saturated carbocycles. The van der Waals surface area contributed by atoms with Crippen molar-refractivity contribution < 1.29 is 0 Å². The quantitative estimate of drug-likeness (QED) is 0.814. The van der Waals surface area contributed by atoms with Crippen molar-refractivity contribution in [2.45, 2.75) is 39.3 Å².